The highest BCUT2D eigenvalue weighted by Gasteiger charge is 2.58. The van der Waals surface area contributed by atoms with Crippen molar-refractivity contribution in [1.29, 1.82) is 5.26 Å². The number of nitrogens with one attached hydrogen (secondary N) is 2. The first kappa shape index (κ1) is 26.2. The molecule has 4 aliphatic rings. The number of hydrogen-bond donors (Lipinski definition) is 3. The predicted molar refractivity (Wildman–Crippen MR) is 144 cm³/mol. The number of nitriles is 1. The van der Waals surface area contributed by atoms with Crippen molar-refractivity contribution in [1.82, 2.24) is 5.32 Å². The third-order valence-electron chi connectivity index (χ3n) is 8.11. The van der Waals surface area contributed by atoms with Crippen molar-refractivity contribution in [2.45, 2.75) is 50.2 Å². The second-order valence-corrected chi connectivity index (χ2v) is 13.9. The monoisotopic (exact) mass is 546 g/mol. The number of carbonyl (C=O) groups excluding carboxylic acids is 1. The zero-order chi connectivity index (χ0) is 26.6. The highest BCUT2D eigenvalue weighted by molar-refractivity contribution is 7.81. The van der Waals surface area contributed by atoms with Crippen LogP contribution in [0.5, 0.6) is 0 Å². The quantitative estimate of drug-likeness (QED) is 0.225. The number of alkyl halides is 3. The standard InChI is InChI=1S/C27H30F3N4OPS/c1-36(2)21-6-4-20(5-7-21)34(37)33-23-10-19(27(28,29)30)3-8-22(23)24(35)32-26-13-17-9-18(14-26)12-25(11-17,15-26)16-31/h3-8,10,17-18,33,37H,9,11-15H2,1-2H3,(H,32,35). The van der Waals surface area contributed by atoms with E-state index >= 15 is 0 Å². The van der Waals surface area contributed by atoms with Crippen LogP contribution in [-0.4, -0.2) is 24.8 Å². The van der Waals surface area contributed by atoms with Gasteiger partial charge in [-0.05, 0) is 112 Å². The number of anilines is 2. The minimum atomic E-state index is -4.56. The van der Waals surface area contributed by atoms with Gasteiger partial charge in [-0.1, -0.05) is 20.1 Å². The van der Waals surface area contributed by atoms with Gasteiger partial charge < -0.3 is 5.32 Å². The molecule has 2 atom stereocenters. The molecule has 4 bridgehead atoms. The largest absolute Gasteiger partial charge is 0.416 e. The van der Waals surface area contributed by atoms with Crippen LogP contribution in [0.2, 0.25) is 0 Å². The molecule has 4 saturated carbocycles. The Morgan fingerprint density at radius 1 is 1.11 bits per heavy atom. The molecule has 5 nitrogen and oxygen atoms in total. The van der Waals surface area contributed by atoms with Gasteiger partial charge in [0, 0.05) is 5.54 Å². The molecule has 1 amide bonds. The van der Waals surface area contributed by atoms with Gasteiger partial charge in [0.2, 0.25) is 0 Å². The van der Waals surface area contributed by atoms with Crippen molar-refractivity contribution >= 4 is 43.3 Å². The number of hydrogen-bond acceptors (Lipinski definition) is 5. The van der Waals surface area contributed by atoms with Gasteiger partial charge in [0.05, 0.1) is 34.0 Å². The zero-order valence-corrected chi connectivity index (χ0v) is 22.6. The van der Waals surface area contributed by atoms with Crippen molar-refractivity contribution < 1.29 is 18.0 Å². The molecule has 4 aliphatic carbocycles. The van der Waals surface area contributed by atoms with Gasteiger partial charge in [0.15, 0.2) is 0 Å². The van der Waals surface area contributed by atoms with E-state index in [-0.39, 0.29) is 19.2 Å². The Hall–Kier alpha value is -2.43. The van der Waals surface area contributed by atoms with Gasteiger partial charge in [-0.3, -0.25) is 10.2 Å². The molecule has 0 saturated heterocycles. The Balaban J connectivity index is 1.42. The minimum absolute atomic E-state index is 0.0133. The molecule has 4 fully saturated rings. The number of carbonyl (C=O) groups is 1. The summed E-state index contributed by atoms with van der Waals surface area (Å²) >= 11 is 4.45. The van der Waals surface area contributed by atoms with Crippen LogP contribution in [0, 0.1) is 28.6 Å². The third-order valence-corrected chi connectivity index (χ3v) is 9.77. The molecule has 37 heavy (non-hydrogen) atoms. The topological polar surface area (TPSA) is 68.2 Å². The molecule has 10 heteroatoms. The Morgan fingerprint density at radius 2 is 1.76 bits per heavy atom. The number of hydrazine groups is 1. The smallest absolute Gasteiger partial charge is 0.346 e. The van der Waals surface area contributed by atoms with Gasteiger partial charge in [0.1, 0.15) is 0 Å². The summed E-state index contributed by atoms with van der Waals surface area (Å²) in [7, 11) is -0.288. The maximum absolute atomic E-state index is 13.6. The molecule has 2 unspecified atom stereocenters. The van der Waals surface area contributed by atoms with Gasteiger partial charge in [-0.25, -0.2) is 4.41 Å². The molecule has 2 N–H and O–H groups in total. The highest BCUT2D eigenvalue weighted by atomic mass is 32.1. The first-order chi connectivity index (χ1) is 17.4. The van der Waals surface area contributed by atoms with Gasteiger partial charge in [0.25, 0.3) is 5.91 Å². The number of thiol groups is 1. The average Bonchev–Trinajstić information content (AvgIpc) is 2.82. The summed E-state index contributed by atoms with van der Waals surface area (Å²) in [5.41, 5.74) is 1.87. The Kier molecular flexibility index (Phi) is 6.65. The minimum Gasteiger partial charge on any atom is -0.346 e. The van der Waals surface area contributed by atoms with Crippen LogP contribution < -0.4 is 20.5 Å². The molecule has 0 heterocycles. The van der Waals surface area contributed by atoms with Gasteiger partial charge in [-0.15, -0.1) is 0 Å². The van der Waals surface area contributed by atoms with Crippen LogP contribution in [0.4, 0.5) is 24.5 Å². The number of nitrogens with zero attached hydrogens (tertiary/aromatic N) is 2. The lowest BCUT2D eigenvalue weighted by molar-refractivity contribution is -0.137. The average molecular weight is 547 g/mol. The number of amides is 1. The van der Waals surface area contributed by atoms with Crippen molar-refractivity contribution in [3.8, 4) is 6.07 Å². The summed E-state index contributed by atoms with van der Waals surface area (Å²) in [5.74, 6) is 0.357. The molecule has 2 aromatic carbocycles. The van der Waals surface area contributed by atoms with Crippen molar-refractivity contribution in [3.05, 3.63) is 53.6 Å². The molecule has 0 aliphatic heterocycles. The third kappa shape index (κ3) is 5.15. The summed E-state index contributed by atoms with van der Waals surface area (Å²) in [4.78, 5) is 13.6. The van der Waals surface area contributed by atoms with Gasteiger partial charge >= 0.3 is 6.18 Å². The molecule has 2 aromatic rings. The highest BCUT2D eigenvalue weighted by Crippen LogP contribution is 2.61. The molecular weight excluding hydrogens is 516 g/mol. The molecule has 0 spiro atoms. The van der Waals surface area contributed by atoms with E-state index in [1.54, 1.807) is 0 Å². The lowest BCUT2D eigenvalue weighted by atomic mass is 9.47. The fourth-order valence-electron chi connectivity index (χ4n) is 6.93. The van der Waals surface area contributed by atoms with Crippen molar-refractivity contribution in [2.24, 2.45) is 17.3 Å². The summed E-state index contributed by atoms with van der Waals surface area (Å²) < 4.78 is 42.0. The van der Waals surface area contributed by atoms with Crippen LogP contribution in [0.15, 0.2) is 42.5 Å². The Bertz CT molecular complexity index is 1230. The van der Waals surface area contributed by atoms with E-state index in [0.717, 1.165) is 44.2 Å². The zero-order valence-electron chi connectivity index (χ0n) is 20.8. The fourth-order valence-corrected chi connectivity index (χ4v) is 7.92. The second-order valence-electron chi connectivity index (χ2n) is 11.2. The van der Waals surface area contributed by atoms with E-state index < -0.39 is 28.6 Å². The number of halogens is 3. The first-order valence-corrected chi connectivity index (χ1v) is 15.0. The predicted octanol–water partition coefficient (Wildman–Crippen LogP) is 6.34. The maximum atomic E-state index is 13.6. The van der Waals surface area contributed by atoms with E-state index in [9.17, 15) is 23.2 Å². The van der Waals surface area contributed by atoms with Crippen LogP contribution in [0.3, 0.4) is 0 Å². The van der Waals surface area contributed by atoms with Crippen molar-refractivity contribution in [2.75, 3.05) is 23.2 Å². The van der Waals surface area contributed by atoms with E-state index in [1.165, 1.54) is 15.8 Å². The van der Waals surface area contributed by atoms with Crippen LogP contribution in [-0.2, 0) is 6.18 Å². The van der Waals surface area contributed by atoms with E-state index in [1.807, 2.05) is 24.3 Å². The van der Waals surface area contributed by atoms with E-state index in [0.29, 0.717) is 23.9 Å². The molecule has 6 rings (SSSR count). The summed E-state index contributed by atoms with van der Waals surface area (Å²) in [6.07, 6.45) is 0.481. The molecule has 0 aromatic heterocycles. The molecular formula is C27H30F3N4OPS. The first-order valence-electron chi connectivity index (χ1n) is 12.4. The van der Waals surface area contributed by atoms with E-state index in [4.69, 9.17) is 0 Å². The summed E-state index contributed by atoms with van der Waals surface area (Å²) in [5, 5.41) is 14.3. The molecule has 196 valence electrons. The summed E-state index contributed by atoms with van der Waals surface area (Å²) in [6.45, 7) is 4.27. The number of rotatable bonds is 6. The second kappa shape index (κ2) is 9.39. The van der Waals surface area contributed by atoms with E-state index in [2.05, 4.69) is 43.0 Å². The van der Waals surface area contributed by atoms with Crippen LogP contribution >= 0.6 is 20.7 Å². The lowest BCUT2D eigenvalue weighted by Gasteiger charge is -2.59. The molecule has 0 radical (unpaired) electrons. The van der Waals surface area contributed by atoms with Crippen LogP contribution in [0.1, 0.15) is 54.4 Å². The normalized spacial score (nSPS) is 28.2. The van der Waals surface area contributed by atoms with Crippen molar-refractivity contribution in [3.63, 3.8) is 0 Å². The van der Waals surface area contributed by atoms with Gasteiger partial charge in [-0.2, -0.15) is 18.4 Å². The number of benzene rings is 2. The summed E-state index contributed by atoms with van der Waals surface area (Å²) in [6, 6.07) is 13.2. The fraction of sp³-hybridized carbons (Fsp3) is 0.481. The van der Waals surface area contributed by atoms with Crippen LogP contribution in [0.25, 0.3) is 0 Å². The maximum Gasteiger partial charge on any atom is 0.416 e. The Morgan fingerprint density at radius 3 is 2.32 bits per heavy atom. The Labute approximate surface area is 222 Å². The SMILES string of the molecule is CP(C)c1ccc(N(S)Nc2cc(C(F)(F)F)ccc2C(=O)NC23CC4CC(CC(C#N)(C4)C2)C3)cc1. The lowest BCUT2D eigenvalue weighted by Crippen LogP contribution is -2.62.